The number of methoxy groups -OCH3 is 3. The van der Waals surface area contributed by atoms with Gasteiger partial charge in [0.05, 0.1) is 21.3 Å². The quantitative estimate of drug-likeness (QED) is 0.0784. The van der Waals surface area contributed by atoms with Crippen LogP contribution in [-0.2, 0) is 6.54 Å². The van der Waals surface area contributed by atoms with Gasteiger partial charge in [0, 0.05) is 24.2 Å². The third kappa shape index (κ3) is 10.9. The SMILES string of the molecule is COc1cc(OC)c(OC)cc1CNCCCNCCCCNCCCN[C@H]1CC[C@@]2(C)C(CCC3C2CC[C@@]2(C)C3CCC2[C@@H](C)CCCC(C)C)C1. The average Bonchev–Trinajstić information content (AvgIpc) is 3.53. The van der Waals surface area contributed by atoms with Gasteiger partial charge in [0.25, 0.3) is 0 Å². The first-order valence-electron chi connectivity index (χ1n) is 22.8. The molecule has 0 heterocycles. The molecule has 0 aliphatic heterocycles. The zero-order valence-corrected chi connectivity index (χ0v) is 36.3. The second kappa shape index (κ2) is 21.3. The molecule has 310 valence electrons. The molecular formula is C47H84N4O3. The summed E-state index contributed by atoms with van der Waals surface area (Å²) in [5.74, 6) is 8.94. The molecule has 0 aromatic heterocycles. The van der Waals surface area contributed by atoms with Crippen LogP contribution >= 0.6 is 0 Å². The molecule has 4 aliphatic rings. The van der Waals surface area contributed by atoms with Crippen LogP contribution in [0.4, 0.5) is 0 Å². The number of hydrogen-bond acceptors (Lipinski definition) is 7. The molecule has 0 bridgehead atoms. The lowest BCUT2D eigenvalue weighted by Gasteiger charge is -2.61. The molecule has 5 unspecified atom stereocenters. The minimum Gasteiger partial charge on any atom is -0.496 e. The van der Waals surface area contributed by atoms with Gasteiger partial charge < -0.3 is 35.5 Å². The van der Waals surface area contributed by atoms with Crippen molar-refractivity contribution in [1.82, 2.24) is 21.3 Å². The van der Waals surface area contributed by atoms with Gasteiger partial charge in [-0.05, 0) is 181 Å². The maximum Gasteiger partial charge on any atom is 0.164 e. The number of fused-ring (bicyclic) bond motifs is 5. The summed E-state index contributed by atoms with van der Waals surface area (Å²) in [6.45, 7) is 20.2. The van der Waals surface area contributed by atoms with Gasteiger partial charge in [0.15, 0.2) is 11.5 Å². The Balaban J connectivity index is 0.880. The molecule has 0 spiro atoms. The van der Waals surface area contributed by atoms with Crippen LogP contribution in [0.2, 0.25) is 0 Å². The van der Waals surface area contributed by atoms with E-state index in [9.17, 15) is 0 Å². The summed E-state index contributed by atoms with van der Waals surface area (Å²) in [4.78, 5) is 0. The predicted octanol–water partition coefficient (Wildman–Crippen LogP) is 9.62. The van der Waals surface area contributed by atoms with Gasteiger partial charge in [0.2, 0.25) is 0 Å². The average molecular weight is 753 g/mol. The number of hydrogen-bond donors (Lipinski definition) is 4. The Morgan fingerprint density at radius 1 is 0.630 bits per heavy atom. The molecule has 4 aliphatic carbocycles. The summed E-state index contributed by atoms with van der Waals surface area (Å²) in [5.41, 5.74) is 2.29. The van der Waals surface area contributed by atoms with Gasteiger partial charge in [0.1, 0.15) is 5.75 Å². The van der Waals surface area contributed by atoms with Crippen LogP contribution in [0, 0.1) is 52.3 Å². The van der Waals surface area contributed by atoms with Gasteiger partial charge in [-0.25, -0.2) is 0 Å². The molecule has 0 radical (unpaired) electrons. The zero-order chi connectivity index (χ0) is 38.6. The number of unbranched alkanes of at least 4 members (excludes halogenated alkanes) is 1. The van der Waals surface area contributed by atoms with Crippen LogP contribution < -0.4 is 35.5 Å². The highest BCUT2D eigenvalue weighted by Crippen LogP contribution is 2.68. The molecule has 5 rings (SSSR count). The first-order chi connectivity index (χ1) is 26.1. The summed E-state index contributed by atoms with van der Waals surface area (Å²) >= 11 is 0. The Bertz CT molecular complexity index is 1240. The highest BCUT2D eigenvalue weighted by atomic mass is 16.5. The van der Waals surface area contributed by atoms with Crippen LogP contribution in [0.25, 0.3) is 0 Å². The van der Waals surface area contributed by atoms with E-state index >= 15 is 0 Å². The number of ether oxygens (including phenoxy) is 3. The Labute approximate surface area is 332 Å². The maximum absolute atomic E-state index is 5.55. The van der Waals surface area contributed by atoms with Crippen molar-refractivity contribution in [2.45, 2.75) is 150 Å². The molecule has 4 fully saturated rings. The third-order valence-electron chi connectivity index (χ3n) is 15.6. The van der Waals surface area contributed by atoms with Crippen molar-refractivity contribution in [3.8, 4) is 17.2 Å². The lowest BCUT2D eigenvalue weighted by molar-refractivity contribution is -0.118. The van der Waals surface area contributed by atoms with E-state index in [1.54, 1.807) is 21.3 Å². The normalized spacial score (nSPS) is 31.1. The van der Waals surface area contributed by atoms with Gasteiger partial charge >= 0.3 is 0 Å². The standard InChI is InChI=1S/C47H84N4O3/c1-34(2)14-11-15-35(3)40-18-19-41-39-17-16-37-31-38(20-22-46(37,4)42(39)21-23-47(40,41)5)51-29-13-27-49-25-10-9-24-48-26-12-28-50-33-36-30-44(53-7)45(54-8)32-43(36)52-6/h30,32,34-35,37-42,48-51H,9-29,31,33H2,1-8H3/t35-,37?,38-,39?,40?,41?,42?,46-,47+/m0/s1. The van der Waals surface area contributed by atoms with Crippen molar-refractivity contribution in [2.24, 2.45) is 52.3 Å². The topological polar surface area (TPSA) is 75.8 Å². The first kappa shape index (κ1) is 43.6. The number of benzene rings is 1. The Morgan fingerprint density at radius 3 is 1.96 bits per heavy atom. The van der Waals surface area contributed by atoms with Crippen LogP contribution in [0.15, 0.2) is 12.1 Å². The molecule has 9 atom stereocenters. The van der Waals surface area contributed by atoms with Gasteiger partial charge in [-0.1, -0.05) is 53.9 Å². The van der Waals surface area contributed by atoms with E-state index in [1.807, 2.05) is 12.1 Å². The van der Waals surface area contributed by atoms with Crippen molar-refractivity contribution in [1.29, 1.82) is 0 Å². The second-order valence-corrected chi connectivity index (χ2v) is 19.2. The monoisotopic (exact) mass is 753 g/mol. The molecule has 7 heteroatoms. The summed E-state index contributed by atoms with van der Waals surface area (Å²) in [6, 6.07) is 4.62. The minimum absolute atomic E-state index is 0.596. The predicted molar refractivity (Wildman–Crippen MR) is 227 cm³/mol. The fourth-order valence-corrected chi connectivity index (χ4v) is 12.5. The highest BCUT2D eigenvalue weighted by molar-refractivity contribution is 5.50. The van der Waals surface area contributed by atoms with Crippen LogP contribution in [0.3, 0.4) is 0 Å². The van der Waals surface area contributed by atoms with Crippen molar-refractivity contribution in [3.05, 3.63) is 17.7 Å². The Morgan fingerprint density at radius 2 is 1.26 bits per heavy atom. The lowest BCUT2D eigenvalue weighted by atomic mass is 9.44. The van der Waals surface area contributed by atoms with E-state index in [1.165, 1.54) is 103 Å². The molecule has 0 amide bonds. The molecule has 1 aromatic rings. The largest absolute Gasteiger partial charge is 0.496 e. The molecule has 4 saturated carbocycles. The smallest absolute Gasteiger partial charge is 0.164 e. The zero-order valence-electron chi connectivity index (χ0n) is 36.3. The Hall–Kier alpha value is -1.54. The number of rotatable bonds is 24. The van der Waals surface area contributed by atoms with Crippen molar-refractivity contribution >= 4 is 0 Å². The molecule has 4 N–H and O–H groups in total. The van der Waals surface area contributed by atoms with E-state index in [2.05, 4.69) is 55.9 Å². The van der Waals surface area contributed by atoms with Crippen LogP contribution in [0.5, 0.6) is 17.2 Å². The molecule has 0 saturated heterocycles. The summed E-state index contributed by atoms with van der Waals surface area (Å²) in [5, 5.41) is 14.9. The van der Waals surface area contributed by atoms with Crippen LogP contribution in [-0.4, -0.2) is 66.6 Å². The van der Waals surface area contributed by atoms with Crippen molar-refractivity contribution in [2.75, 3.05) is 60.6 Å². The van der Waals surface area contributed by atoms with E-state index in [-0.39, 0.29) is 0 Å². The molecule has 1 aromatic carbocycles. The van der Waals surface area contributed by atoms with Crippen molar-refractivity contribution < 1.29 is 14.2 Å². The highest BCUT2D eigenvalue weighted by Gasteiger charge is 2.60. The molecular weight excluding hydrogens is 669 g/mol. The van der Waals surface area contributed by atoms with Gasteiger partial charge in [-0.15, -0.1) is 0 Å². The van der Waals surface area contributed by atoms with Gasteiger partial charge in [-0.3, -0.25) is 0 Å². The maximum atomic E-state index is 5.55. The summed E-state index contributed by atoms with van der Waals surface area (Å²) in [7, 11) is 5.01. The fraction of sp³-hybridized carbons (Fsp3) is 0.872. The summed E-state index contributed by atoms with van der Waals surface area (Å²) in [6.07, 6.45) is 22.5. The molecule has 54 heavy (non-hydrogen) atoms. The molecule has 7 nitrogen and oxygen atoms in total. The second-order valence-electron chi connectivity index (χ2n) is 19.2. The van der Waals surface area contributed by atoms with E-state index in [4.69, 9.17) is 14.2 Å². The van der Waals surface area contributed by atoms with E-state index in [0.29, 0.717) is 16.6 Å². The van der Waals surface area contributed by atoms with Crippen LogP contribution in [0.1, 0.15) is 143 Å². The first-order valence-corrected chi connectivity index (χ1v) is 22.8. The lowest BCUT2D eigenvalue weighted by Crippen LogP contribution is -2.55. The van der Waals surface area contributed by atoms with E-state index < -0.39 is 0 Å². The Kier molecular flexibility index (Phi) is 17.2. The van der Waals surface area contributed by atoms with Crippen molar-refractivity contribution in [3.63, 3.8) is 0 Å². The van der Waals surface area contributed by atoms with E-state index in [0.717, 1.165) is 110 Å². The van der Waals surface area contributed by atoms with Gasteiger partial charge in [-0.2, -0.15) is 0 Å². The number of nitrogens with one attached hydrogen (secondary N) is 4. The summed E-state index contributed by atoms with van der Waals surface area (Å²) < 4.78 is 16.4. The minimum atomic E-state index is 0.596. The third-order valence-corrected chi connectivity index (χ3v) is 15.6. The fourth-order valence-electron chi connectivity index (χ4n) is 12.5.